The molecule has 0 radical (unpaired) electrons. The van der Waals surface area contributed by atoms with Gasteiger partial charge in [0.15, 0.2) is 0 Å². The van der Waals surface area contributed by atoms with Gasteiger partial charge >= 0.3 is 0 Å². The number of hydrogen-bond donors (Lipinski definition) is 1. The van der Waals surface area contributed by atoms with Gasteiger partial charge in [0, 0.05) is 12.4 Å². The Morgan fingerprint density at radius 3 is 2.35 bits per heavy atom. The largest absolute Gasteiger partial charge is 0.550 e. The van der Waals surface area contributed by atoms with Crippen LogP contribution < -0.4 is 9.83 Å². The van der Waals surface area contributed by atoms with Crippen LogP contribution in [0.2, 0.25) is 0 Å². The summed E-state index contributed by atoms with van der Waals surface area (Å²) in [5.74, 6) is -1.32. The lowest BCUT2D eigenvalue weighted by Gasteiger charge is -2.20. The second-order valence-electron chi connectivity index (χ2n) is 5.43. The zero-order valence-corrected chi connectivity index (χ0v) is 13.8. The van der Waals surface area contributed by atoms with Gasteiger partial charge in [0.05, 0.1) is 10.9 Å². The lowest BCUT2D eigenvalue weighted by atomic mass is 10.1. The number of carbonyl (C=O) groups excluding carboxylic acids is 1. The van der Waals surface area contributed by atoms with Crippen molar-refractivity contribution in [3.63, 3.8) is 0 Å². The molecule has 2 aromatic carbocycles. The Hall–Kier alpha value is -2.18. The topological polar surface area (TPSA) is 86.3 Å². The second kappa shape index (κ2) is 6.93. The van der Waals surface area contributed by atoms with Crippen molar-refractivity contribution in [2.45, 2.75) is 31.2 Å². The molecule has 5 nitrogen and oxygen atoms in total. The molecule has 0 bridgehead atoms. The van der Waals surface area contributed by atoms with E-state index in [-0.39, 0.29) is 4.90 Å². The van der Waals surface area contributed by atoms with Crippen molar-refractivity contribution in [2.75, 3.05) is 0 Å². The van der Waals surface area contributed by atoms with Gasteiger partial charge in [-0.3, -0.25) is 0 Å². The van der Waals surface area contributed by atoms with Gasteiger partial charge in [-0.25, -0.2) is 13.1 Å². The lowest BCUT2D eigenvalue weighted by molar-refractivity contribution is -0.306. The van der Waals surface area contributed by atoms with Crippen LogP contribution in [0.15, 0.2) is 53.4 Å². The van der Waals surface area contributed by atoms with E-state index in [0.29, 0.717) is 11.1 Å². The van der Waals surface area contributed by atoms with E-state index in [2.05, 4.69) is 4.72 Å². The summed E-state index contributed by atoms with van der Waals surface area (Å²) in [7, 11) is -3.84. The predicted molar refractivity (Wildman–Crippen MR) is 85.0 cm³/mol. The number of hydrogen-bond acceptors (Lipinski definition) is 4. The Balaban J connectivity index is 2.36. The Morgan fingerprint density at radius 1 is 1.13 bits per heavy atom. The van der Waals surface area contributed by atoms with E-state index in [4.69, 9.17) is 0 Å². The van der Waals surface area contributed by atoms with E-state index < -0.39 is 28.5 Å². The average Bonchev–Trinajstić information content (AvgIpc) is 2.46. The molecule has 1 atom stereocenters. The van der Waals surface area contributed by atoms with Gasteiger partial charge in [0.2, 0.25) is 10.0 Å². The molecule has 2 rings (SSSR count). The third kappa shape index (κ3) is 4.40. The van der Waals surface area contributed by atoms with Gasteiger partial charge in [-0.05, 0) is 31.0 Å². The van der Waals surface area contributed by atoms with Crippen LogP contribution in [0.25, 0.3) is 0 Å². The molecule has 0 spiro atoms. The molecule has 1 N–H and O–H groups in total. The first-order chi connectivity index (χ1) is 10.8. The number of aryl methyl sites for hydroxylation is 2. The molecule has 0 saturated carbocycles. The highest BCUT2D eigenvalue weighted by Gasteiger charge is 2.23. The zero-order chi connectivity index (χ0) is 17.0. The number of carboxylic acids is 1. The monoisotopic (exact) mass is 332 g/mol. The number of carbonyl (C=O) groups is 1. The molecule has 0 aliphatic heterocycles. The van der Waals surface area contributed by atoms with Gasteiger partial charge < -0.3 is 9.90 Å². The van der Waals surface area contributed by atoms with Gasteiger partial charge in [-0.2, -0.15) is 0 Å². The summed E-state index contributed by atoms with van der Waals surface area (Å²) >= 11 is 0. The van der Waals surface area contributed by atoms with E-state index in [1.165, 1.54) is 6.07 Å². The van der Waals surface area contributed by atoms with Crippen LogP contribution >= 0.6 is 0 Å². The number of aliphatic carboxylic acids is 1. The van der Waals surface area contributed by atoms with E-state index >= 15 is 0 Å². The van der Waals surface area contributed by atoms with Gasteiger partial charge in [0.1, 0.15) is 0 Å². The van der Waals surface area contributed by atoms with E-state index in [9.17, 15) is 18.3 Å². The van der Waals surface area contributed by atoms with Crippen molar-refractivity contribution in [3.05, 3.63) is 65.2 Å². The van der Waals surface area contributed by atoms with E-state index in [1.807, 2.05) is 6.92 Å². The minimum Gasteiger partial charge on any atom is -0.550 e. The molecule has 6 heteroatoms. The lowest BCUT2D eigenvalue weighted by Crippen LogP contribution is -2.34. The third-order valence-electron chi connectivity index (χ3n) is 3.49. The predicted octanol–water partition coefficient (Wildman–Crippen LogP) is 1.46. The molecular formula is C17H18NO4S-. The van der Waals surface area contributed by atoms with Crippen LogP contribution in [0.3, 0.4) is 0 Å². The molecule has 0 aromatic heterocycles. The molecule has 122 valence electrons. The van der Waals surface area contributed by atoms with Crippen molar-refractivity contribution >= 4 is 16.0 Å². The van der Waals surface area contributed by atoms with Crippen LogP contribution in [0.5, 0.6) is 0 Å². The maximum Gasteiger partial charge on any atom is 0.241 e. The molecule has 0 saturated heterocycles. The second-order valence-corrected chi connectivity index (χ2v) is 7.11. The first-order valence-electron chi connectivity index (χ1n) is 7.14. The van der Waals surface area contributed by atoms with Crippen LogP contribution in [-0.2, 0) is 14.8 Å². The molecule has 1 unspecified atom stereocenters. The Labute approximate surface area is 136 Å². The Kier molecular flexibility index (Phi) is 5.18. The molecule has 0 aliphatic carbocycles. The number of nitrogens with one attached hydrogen (secondary N) is 1. The third-order valence-corrected chi connectivity index (χ3v) is 5.12. The fourth-order valence-corrected chi connectivity index (χ4v) is 3.88. The van der Waals surface area contributed by atoms with Crippen LogP contribution in [-0.4, -0.2) is 14.4 Å². The maximum atomic E-state index is 12.6. The SMILES string of the molecule is Cc1ccc(S(=O)(=O)NC(CC(=O)[O-])c2ccccc2)c(C)c1. The van der Waals surface area contributed by atoms with Crippen LogP contribution in [0.1, 0.15) is 29.2 Å². The number of sulfonamides is 1. The van der Waals surface area contributed by atoms with Crippen molar-refractivity contribution in [3.8, 4) is 0 Å². The first kappa shape index (κ1) is 17.2. The van der Waals surface area contributed by atoms with Crippen molar-refractivity contribution < 1.29 is 18.3 Å². The smallest absolute Gasteiger partial charge is 0.241 e. The summed E-state index contributed by atoms with van der Waals surface area (Å²) in [5.41, 5.74) is 2.14. The normalized spacial score (nSPS) is 12.8. The molecule has 0 amide bonds. The van der Waals surface area contributed by atoms with Gasteiger partial charge in [-0.15, -0.1) is 0 Å². The van der Waals surface area contributed by atoms with Gasteiger partial charge in [0.25, 0.3) is 0 Å². The van der Waals surface area contributed by atoms with E-state index in [0.717, 1.165) is 5.56 Å². The highest BCUT2D eigenvalue weighted by atomic mass is 32.2. The number of benzene rings is 2. The fraction of sp³-hybridized carbons (Fsp3) is 0.235. The average molecular weight is 332 g/mol. The summed E-state index contributed by atoms with van der Waals surface area (Å²) in [6.07, 6.45) is -0.436. The van der Waals surface area contributed by atoms with Crippen molar-refractivity contribution in [1.29, 1.82) is 0 Å². The molecular weight excluding hydrogens is 314 g/mol. The van der Waals surface area contributed by atoms with E-state index in [1.54, 1.807) is 49.4 Å². The summed E-state index contributed by atoms with van der Waals surface area (Å²) in [4.78, 5) is 11.1. The fourth-order valence-electron chi connectivity index (χ4n) is 2.43. The van der Waals surface area contributed by atoms with Crippen LogP contribution in [0, 0.1) is 13.8 Å². The highest BCUT2D eigenvalue weighted by molar-refractivity contribution is 7.89. The molecule has 0 heterocycles. The maximum absolute atomic E-state index is 12.6. The molecule has 0 aliphatic rings. The summed E-state index contributed by atoms with van der Waals surface area (Å²) < 4.78 is 27.7. The zero-order valence-electron chi connectivity index (χ0n) is 12.9. The standard InChI is InChI=1S/C17H19NO4S/c1-12-8-9-16(13(2)10-12)23(21,22)18-15(11-17(19)20)14-6-4-3-5-7-14/h3-10,15,18H,11H2,1-2H3,(H,19,20)/p-1. The number of carboxylic acid groups (broad SMARTS) is 1. The number of rotatable bonds is 6. The Bertz CT molecular complexity index is 801. The quantitative estimate of drug-likeness (QED) is 0.868. The minimum atomic E-state index is -3.84. The first-order valence-corrected chi connectivity index (χ1v) is 8.62. The van der Waals surface area contributed by atoms with Crippen molar-refractivity contribution in [2.24, 2.45) is 0 Å². The summed E-state index contributed by atoms with van der Waals surface area (Å²) in [6.45, 7) is 3.58. The van der Waals surface area contributed by atoms with Crippen LogP contribution in [0.4, 0.5) is 0 Å². The minimum absolute atomic E-state index is 0.141. The molecule has 23 heavy (non-hydrogen) atoms. The van der Waals surface area contributed by atoms with Crippen molar-refractivity contribution in [1.82, 2.24) is 4.72 Å². The molecule has 0 fully saturated rings. The summed E-state index contributed by atoms with van der Waals surface area (Å²) in [6, 6.07) is 12.7. The Morgan fingerprint density at radius 2 is 1.78 bits per heavy atom. The highest BCUT2D eigenvalue weighted by Crippen LogP contribution is 2.22. The molecule has 2 aromatic rings. The van der Waals surface area contributed by atoms with Gasteiger partial charge in [-0.1, -0.05) is 48.0 Å². The summed E-state index contributed by atoms with van der Waals surface area (Å²) in [5, 5.41) is 11.0.